The predicted octanol–water partition coefficient (Wildman–Crippen LogP) is 4.56. The zero-order valence-electron chi connectivity index (χ0n) is 17.0. The Bertz CT molecular complexity index is 883. The summed E-state index contributed by atoms with van der Waals surface area (Å²) in [7, 11) is 4.02. The van der Waals surface area contributed by atoms with Gasteiger partial charge in [-0.1, -0.05) is 11.6 Å². The van der Waals surface area contributed by atoms with Gasteiger partial charge in [0, 0.05) is 49.8 Å². The maximum absolute atomic E-state index is 13.5. The third-order valence-corrected chi connectivity index (χ3v) is 5.68. The Morgan fingerprint density at radius 2 is 1.93 bits per heavy atom. The Balaban J connectivity index is 1.66. The van der Waals surface area contributed by atoms with Crippen LogP contribution in [0.25, 0.3) is 0 Å². The largest absolute Gasteiger partial charge is 0.377 e. The zero-order chi connectivity index (χ0) is 21.1. The monoisotopic (exact) mass is 419 g/mol. The van der Waals surface area contributed by atoms with Crippen molar-refractivity contribution in [1.82, 2.24) is 4.98 Å². The highest BCUT2D eigenvalue weighted by Gasteiger charge is 2.29. The second-order valence-corrected chi connectivity index (χ2v) is 8.11. The number of primary amides is 1. The summed E-state index contributed by atoms with van der Waals surface area (Å²) in [6.45, 7) is 2.04. The topological polar surface area (TPSA) is 74.5 Å². The molecule has 1 heterocycles. The highest BCUT2D eigenvalue weighted by molar-refractivity contribution is 6.31. The van der Waals surface area contributed by atoms with Gasteiger partial charge in [0.25, 0.3) is 0 Å². The van der Waals surface area contributed by atoms with Crippen molar-refractivity contribution in [2.45, 2.75) is 44.7 Å². The van der Waals surface area contributed by atoms with Crippen molar-refractivity contribution >= 4 is 34.8 Å². The predicted molar refractivity (Wildman–Crippen MR) is 116 cm³/mol. The fourth-order valence-corrected chi connectivity index (χ4v) is 4.09. The van der Waals surface area contributed by atoms with Crippen LogP contribution in [0.3, 0.4) is 0 Å². The summed E-state index contributed by atoms with van der Waals surface area (Å²) in [4.78, 5) is 20.2. The van der Waals surface area contributed by atoms with Gasteiger partial charge in [-0.25, -0.2) is 14.2 Å². The van der Waals surface area contributed by atoms with Crippen molar-refractivity contribution in [1.29, 1.82) is 0 Å². The molecule has 2 aromatic rings. The van der Waals surface area contributed by atoms with Crippen LogP contribution in [-0.4, -0.2) is 37.2 Å². The smallest absolute Gasteiger partial charge is 0.319 e. The molecule has 1 fully saturated rings. The molecule has 3 N–H and O–H groups in total. The van der Waals surface area contributed by atoms with Crippen molar-refractivity contribution < 1.29 is 9.18 Å². The number of aryl methyl sites for hydroxylation is 1. The van der Waals surface area contributed by atoms with Gasteiger partial charge in [-0.05, 0) is 56.4 Å². The number of amides is 2. The third kappa shape index (κ3) is 4.90. The molecule has 0 spiro atoms. The van der Waals surface area contributed by atoms with Crippen LogP contribution in [0.15, 0.2) is 30.5 Å². The lowest BCUT2D eigenvalue weighted by Gasteiger charge is -2.36. The Hall–Kier alpha value is -2.54. The zero-order valence-corrected chi connectivity index (χ0v) is 17.7. The number of benzene rings is 1. The van der Waals surface area contributed by atoms with E-state index in [4.69, 9.17) is 17.3 Å². The molecule has 0 saturated heterocycles. The number of urea groups is 1. The Labute approximate surface area is 175 Å². The first kappa shape index (κ1) is 21.2. The summed E-state index contributed by atoms with van der Waals surface area (Å²) in [6, 6.07) is 5.96. The van der Waals surface area contributed by atoms with Crippen LogP contribution in [0, 0.1) is 12.7 Å². The average molecular weight is 420 g/mol. The number of pyridine rings is 1. The fourth-order valence-electron chi connectivity index (χ4n) is 3.91. The van der Waals surface area contributed by atoms with Gasteiger partial charge >= 0.3 is 6.03 Å². The molecule has 0 aliphatic heterocycles. The molecule has 0 unspecified atom stereocenters. The first-order valence-electron chi connectivity index (χ1n) is 9.70. The van der Waals surface area contributed by atoms with Gasteiger partial charge in [0.2, 0.25) is 0 Å². The van der Waals surface area contributed by atoms with E-state index in [1.807, 2.05) is 27.2 Å². The quantitative estimate of drug-likeness (QED) is 0.745. The van der Waals surface area contributed by atoms with Crippen LogP contribution in [-0.2, 0) is 0 Å². The number of nitrogens with one attached hydrogen (secondary N) is 1. The van der Waals surface area contributed by atoms with Gasteiger partial charge in [0.05, 0.1) is 5.02 Å². The van der Waals surface area contributed by atoms with Crippen molar-refractivity contribution in [2.75, 3.05) is 29.2 Å². The molecule has 0 bridgehead atoms. The van der Waals surface area contributed by atoms with E-state index in [0.29, 0.717) is 5.69 Å². The number of hydrogen-bond acceptors (Lipinski definition) is 4. The van der Waals surface area contributed by atoms with E-state index in [1.54, 1.807) is 0 Å². The molecule has 1 aromatic carbocycles. The lowest BCUT2D eigenvalue weighted by molar-refractivity contribution is 0.248. The van der Waals surface area contributed by atoms with E-state index < -0.39 is 11.8 Å². The number of halogens is 2. The summed E-state index contributed by atoms with van der Waals surface area (Å²) in [6.07, 6.45) is 5.17. The fraction of sp³-hybridized carbons (Fsp3) is 0.429. The SMILES string of the molecule is Cc1cnc(NC2CCC(N(C(N)=O)c3ccc(F)c(Cl)c3)CC2)cc1N(C)C. The molecule has 8 heteroatoms. The number of nitrogens with two attached hydrogens (primary N) is 1. The minimum absolute atomic E-state index is 0.0220. The van der Waals surface area contributed by atoms with Crippen molar-refractivity contribution in [3.63, 3.8) is 0 Å². The summed E-state index contributed by atoms with van der Waals surface area (Å²) in [5, 5.41) is 3.48. The number of rotatable bonds is 5. The molecule has 0 radical (unpaired) electrons. The van der Waals surface area contributed by atoms with Crippen LogP contribution < -0.4 is 20.9 Å². The van der Waals surface area contributed by atoms with E-state index in [1.165, 1.54) is 23.1 Å². The van der Waals surface area contributed by atoms with Crippen LogP contribution in [0.2, 0.25) is 5.02 Å². The van der Waals surface area contributed by atoms with Gasteiger partial charge in [-0.3, -0.25) is 4.90 Å². The highest BCUT2D eigenvalue weighted by Crippen LogP contribution is 2.31. The Morgan fingerprint density at radius 1 is 1.24 bits per heavy atom. The molecular formula is C21H27ClFN5O. The minimum Gasteiger partial charge on any atom is -0.377 e. The van der Waals surface area contributed by atoms with E-state index in [2.05, 4.69) is 21.3 Å². The molecule has 0 atom stereocenters. The first-order chi connectivity index (χ1) is 13.8. The Kier molecular flexibility index (Phi) is 6.47. The molecule has 156 valence electrons. The Morgan fingerprint density at radius 3 is 2.52 bits per heavy atom. The number of carbonyl (C=O) groups is 1. The van der Waals surface area contributed by atoms with Crippen LogP contribution in [0.5, 0.6) is 0 Å². The van der Waals surface area contributed by atoms with Gasteiger partial charge in [-0.15, -0.1) is 0 Å². The summed E-state index contributed by atoms with van der Waals surface area (Å²) >= 11 is 5.89. The molecule has 1 aromatic heterocycles. The molecule has 3 rings (SSSR count). The maximum Gasteiger partial charge on any atom is 0.319 e. The highest BCUT2D eigenvalue weighted by atomic mass is 35.5. The summed E-state index contributed by atoms with van der Waals surface area (Å²) in [5.74, 6) is 0.329. The average Bonchev–Trinajstić information content (AvgIpc) is 2.67. The summed E-state index contributed by atoms with van der Waals surface area (Å²) in [5.41, 5.74) is 8.40. The minimum atomic E-state index is -0.556. The van der Waals surface area contributed by atoms with E-state index >= 15 is 0 Å². The normalized spacial score (nSPS) is 18.9. The van der Waals surface area contributed by atoms with Crippen LogP contribution in [0.4, 0.5) is 26.4 Å². The van der Waals surface area contributed by atoms with Gasteiger partial charge in [0.15, 0.2) is 0 Å². The summed E-state index contributed by atoms with van der Waals surface area (Å²) < 4.78 is 13.5. The first-order valence-corrected chi connectivity index (χ1v) is 10.1. The lowest BCUT2D eigenvalue weighted by atomic mass is 9.90. The maximum atomic E-state index is 13.5. The van der Waals surface area contributed by atoms with E-state index in [9.17, 15) is 9.18 Å². The number of carbonyl (C=O) groups excluding carboxylic acids is 1. The number of aromatic nitrogens is 1. The second-order valence-electron chi connectivity index (χ2n) is 7.71. The van der Waals surface area contributed by atoms with E-state index in [-0.39, 0.29) is 17.1 Å². The molecule has 29 heavy (non-hydrogen) atoms. The number of nitrogens with zero attached hydrogens (tertiary/aromatic N) is 3. The molecule has 6 nitrogen and oxygen atoms in total. The standard InChI is InChI=1S/C21H27ClFN5O/c1-13-12-25-20(11-19(13)27(2)3)26-14-4-6-15(7-5-14)28(21(24)29)16-8-9-18(23)17(22)10-16/h8-12,14-15H,4-7H2,1-3H3,(H2,24,29)(H,25,26). The molecule has 1 saturated carbocycles. The molecule has 2 amide bonds. The van der Waals surface area contributed by atoms with Crippen molar-refractivity contribution in [2.24, 2.45) is 5.73 Å². The molecule has 1 aliphatic carbocycles. The van der Waals surface area contributed by atoms with Gasteiger partial charge in [-0.2, -0.15) is 0 Å². The lowest BCUT2D eigenvalue weighted by Crippen LogP contribution is -2.46. The molecular weight excluding hydrogens is 393 g/mol. The van der Waals surface area contributed by atoms with E-state index in [0.717, 1.165) is 42.8 Å². The number of anilines is 3. The van der Waals surface area contributed by atoms with Crippen LogP contribution in [0.1, 0.15) is 31.2 Å². The number of hydrogen-bond donors (Lipinski definition) is 2. The van der Waals surface area contributed by atoms with Gasteiger partial charge in [0.1, 0.15) is 11.6 Å². The second kappa shape index (κ2) is 8.86. The third-order valence-electron chi connectivity index (χ3n) is 5.39. The van der Waals surface area contributed by atoms with Gasteiger partial charge < -0.3 is 16.0 Å². The van der Waals surface area contributed by atoms with Crippen LogP contribution >= 0.6 is 11.6 Å². The van der Waals surface area contributed by atoms with Crippen molar-refractivity contribution in [3.8, 4) is 0 Å². The molecule has 1 aliphatic rings. The van der Waals surface area contributed by atoms with Crippen molar-refractivity contribution in [3.05, 3.63) is 46.9 Å².